The number of unbranched alkanes of at least 4 members (excludes halogenated alkanes) is 6. The molecule has 0 bridgehead atoms. The Hall–Kier alpha value is -0.530. The number of hydrogen-bond acceptors (Lipinski definition) is 2. The van der Waals surface area contributed by atoms with Crippen LogP contribution in [0.25, 0.3) is 0 Å². The van der Waals surface area contributed by atoms with E-state index in [1.54, 1.807) is 0 Å². The first-order valence-electron chi connectivity index (χ1n) is 7.72. The van der Waals surface area contributed by atoms with Crippen LogP contribution in [0.1, 0.15) is 85.5 Å². The maximum absolute atomic E-state index is 11.3. The van der Waals surface area contributed by atoms with Gasteiger partial charge in [-0.15, -0.1) is 0 Å². The summed E-state index contributed by atoms with van der Waals surface area (Å²) in [5.74, 6) is 0.805. The molecule has 108 valence electrons. The van der Waals surface area contributed by atoms with Gasteiger partial charge in [0.1, 0.15) is 0 Å². The largest absolute Gasteiger partial charge is 0.463 e. The summed E-state index contributed by atoms with van der Waals surface area (Å²) in [4.78, 5) is 11.3. The molecule has 0 aromatic carbocycles. The summed E-state index contributed by atoms with van der Waals surface area (Å²) >= 11 is 0. The van der Waals surface area contributed by atoms with Crippen LogP contribution >= 0.6 is 0 Å². The van der Waals surface area contributed by atoms with Crippen molar-refractivity contribution >= 4 is 5.97 Å². The topological polar surface area (TPSA) is 26.3 Å². The number of carbonyl (C=O) groups excluding carboxylic acids is 1. The normalized spacial score (nSPS) is 11.2. The number of carbonyl (C=O) groups is 1. The number of hydrogen-bond donors (Lipinski definition) is 0. The Morgan fingerprint density at radius 3 is 1.83 bits per heavy atom. The van der Waals surface area contributed by atoms with Crippen molar-refractivity contribution in [1.82, 2.24) is 0 Å². The summed E-state index contributed by atoms with van der Waals surface area (Å²) in [6.07, 6.45) is 10.8. The molecule has 0 rings (SSSR count). The van der Waals surface area contributed by atoms with Gasteiger partial charge in [-0.3, -0.25) is 4.79 Å². The van der Waals surface area contributed by atoms with Crippen LogP contribution in [0.3, 0.4) is 0 Å². The first-order valence-corrected chi connectivity index (χ1v) is 7.72. The molecule has 2 heteroatoms. The lowest BCUT2D eigenvalue weighted by molar-refractivity contribution is -0.147. The standard InChI is InChI=1S/C16H32O2/c1-14(2)12-10-8-6-5-7-9-11-13-16(17)18-15(3)4/h14-15H,5-13H2,1-4H3. The van der Waals surface area contributed by atoms with E-state index in [1.807, 2.05) is 13.8 Å². The number of esters is 1. The minimum atomic E-state index is -0.0399. The zero-order valence-corrected chi connectivity index (χ0v) is 12.8. The highest BCUT2D eigenvalue weighted by Gasteiger charge is 2.04. The van der Waals surface area contributed by atoms with Crippen LogP contribution < -0.4 is 0 Å². The summed E-state index contributed by atoms with van der Waals surface area (Å²) < 4.78 is 5.09. The summed E-state index contributed by atoms with van der Waals surface area (Å²) in [6, 6.07) is 0. The molecule has 0 aromatic rings. The average molecular weight is 256 g/mol. The minimum Gasteiger partial charge on any atom is -0.463 e. The van der Waals surface area contributed by atoms with Crippen LogP contribution in [0, 0.1) is 5.92 Å². The highest BCUT2D eigenvalue weighted by molar-refractivity contribution is 5.69. The SMILES string of the molecule is CC(C)CCCCCCCCCC(=O)OC(C)C. The summed E-state index contributed by atoms with van der Waals surface area (Å²) in [7, 11) is 0. The van der Waals surface area contributed by atoms with Crippen LogP contribution in [-0.4, -0.2) is 12.1 Å². The van der Waals surface area contributed by atoms with Crippen molar-refractivity contribution in [3.8, 4) is 0 Å². The molecule has 0 unspecified atom stereocenters. The first-order chi connectivity index (χ1) is 8.52. The van der Waals surface area contributed by atoms with Crippen molar-refractivity contribution in [3.05, 3.63) is 0 Å². The number of rotatable bonds is 11. The van der Waals surface area contributed by atoms with Gasteiger partial charge in [0, 0.05) is 6.42 Å². The van der Waals surface area contributed by atoms with E-state index in [9.17, 15) is 4.79 Å². The van der Waals surface area contributed by atoms with Crippen LogP contribution in [0.5, 0.6) is 0 Å². The maximum atomic E-state index is 11.3. The fourth-order valence-electron chi connectivity index (χ4n) is 2.03. The van der Waals surface area contributed by atoms with Crippen molar-refractivity contribution in [2.24, 2.45) is 5.92 Å². The molecule has 2 nitrogen and oxygen atoms in total. The zero-order chi connectivity index (χ0) is 13.8. The van der Waals surface area contributed by atoms with Crippen molar-refractivity contribution in [3.63, 3.8) is 0 Å². The average Bonchev–Trinajstić information content (AvgIpc) is 2.25. The predicted molar refractivity (Wildman–Crippen MR) is 77.6 cm³/mol. The molecule has 0 amide bonds. The van der Waals surface area contributed by atoms with E-state index in [0.29, 0.717) is 6.42 Å². The third kappa shape index (κ3) is 13.5. The molecule has 0 heterocycles. The van der Waals surface area contributed by atoms with Gasteiger partial charge in [-0.2, -0.15) is 0 Å². The van der Waals surface area contributed by atoms with Crippen LogP contribution in [0.4, 0.5) is 0 Å². The Morgan fingerprint density at radius 2 is 1.33 bits per heavy atom. The van der Waals surface area contributed by atoms with Crippen LogP contribution in [0.2, 0.25) is 0 Å². The second kappa shape index (κ2) is 11.6. The second-order valence-corrected chi connectivity index (χ2v) is 5.95. The molecular formula is C16H32O2. The van der Waals surface area contributed by atoms with E-state index in [-0.39, 0.29) is 12.1 Å². The van der Waals surface area contributed by atoms with Crippen LogP contribution in [-0.2, 0) is 9.53 Å². The summed E-state index contributed by atoms with van der Waals surface area (Å²) in [5.41, 5.74) is 0. The molecule has 0 spiro atoms. The summed E-state index contributed by atoms with van der Waals surface area (Å²) in [5, 5.41) is 0. The first kappa shape index (κ1) is 17.5. The van der Waals surface area contributed by atoms with E-state index in [2.05, 4.69) is 13.8 Å². The molecule has 0 fully saturated rings. The lowest BCUT2D eigenvalue weighted by atomic mass is 10.0. The Morgan fingerprint density at radius 1 is 0.833 bits per heavy atom. The highest BCUT2D eigenvalue weighted by Crippen LogP contribution is 2.12. The zero-order valence-electron chi connectivity index (χ0n) is 12.8. The molecule has 0 aliphatic heterocycles. The Labute approximate surface area is 113 Å². The van der Waals surface area contributed by atoms with Gasteiger partial charge in [0.2, 0.25) is 0 Å². The molecule has 0 aromatic heterocycles. The molecule has 0 aliphatic rings. The molecule has 0 radical (unpaired) electrons. The van der Waals surface area contributed by atoms with Crippen LogP contribution in [0.15, 0.2) is 0 Å². The second-order valence-electron chi connectivity index (χ2n) is 5.95. The van der Waals surface area contributed by atoms with Crippen molar-refractivity contribution in [2.75, 3.05) is 0 Å². The number of ether oxygens (including phenoxy) is 1. The third-order valence-electron chi connectivity index (χ3n) is 3.03. The molecule has 0 saturated carbocycles. The lowest BCUT2D eigenvalue weighted by Gasteiger charge is -2.07. The fourth-order valence-corrected chi connectivity index (χ4v) is 2.03. The Kier molecular flexibility index (Phi) is 11.2. The monoisotopic (exact) mass is 256 g/mol. The van der Waals surface area contributed by atoms with E-state index in [0.717, 1.165) is 18.8 Å². The van der Waals surface area contributed by atoms with Gasteiger partial charge in [-0.1, -0.05) is 58.8 Å². The Bertz CT molecular complexity index is 197. The van der Waals surface area contributed by atoms with Crippen molar-refractivity contribution < 1.29 is 9.53 Å². The fraction of sp³-hybridized carbons (Fsp3) is 0.938. The van der Waals surface area contributed by atoms with Gasteiger partial charge >= 0.3 is 5.97 Å². The van der Waals surface area contributed by atoms with Gasteiger partial charge < -0.3 is 4.74 Å². The van der Waals surface area contributed by atoms with Crippen molar-refractivity contribution in [2.45, 2.75) is 91.6 Å². The van der Waals surface area contributed by atoms with Crippen molar-refractivity contribution in [1.29, 1.82) is 0 Å². The highest BCUT2D eigenvalue weighted by atomic mass is 16.5. The van der Waals surface area contributed by atoms with E-state index < -0.39 is 0 Å². The molecule has 0 N–H and O–H groups in total. The Balaban J connectivity index is 3.14. The minimum absolute atomic E-state index is 0.0263. The molecule has 0 aliphatic carbocycles. The van der Waals surface area contributed by atoms with Gasteiger partial charge in [0.15, 0.2) is 0 Å². The van der Waals surface area contributed by atoms with Gasteiger partial charge in [-0.05, 0) is 26.2 Å². The van der Waals surface area contributed by atoms with Gasteiger partial charge in [-0.25, -0.2) is 0 Å². The molecule has 18 heavy (non-hydrogen) atoms. The van der Waals surface area contributed by atoms with E-state index in [4.69, 9.17) is 4.74 Å². The molecular weight excluding hydrogens is 224 g/mol. The smallest absolute Gasteiger partial charge is 0.306 e. The lowest BCUT2D eigenvalue weighted by Crippen LogP contribution is -2.10. The molecule has 0 saturated heterocycles. The summed E-state index contributed by atoms with van der Waals surface area (Å²) in [6.45, 7) is 8.37. The van der Waals surface area contributed by atoms with E-state index in [1.165, 1.54) is 38.5 Å². The quantitative estimate of drug-likeness (QED) is 0.379. The predicted octanol–water partition coefficient (Wildman–Crippen LogP) is 5.10. The third-order valence-corrected chi connectivity index (χ3v) is 3.03. The van der Waals surface area contributed by atoms with Gasteiger partial charge in [0.05, 0.1) is 6.10 Å². The maximum Gasteiger partial charge on any atom is 0.306 e. The molecule has 0 atom stereocenters. The van der Waals surface area contributed by atoms with Gasteiger partial charge in [0.25, 0.3) is 0 Å². The van der Waals surface area contributed by atoms with E-state index >= 15 is 0 Å².